The summed E-state index contributed by atoms with van der Waals surface area (Å²) in [6.45, 7) is 3.26. The molecule has 0 aromatic heterocycles. The molecule has 0 bridgehead atoms. The van der Waals surface area contributed by atoms with Crippen molar-refractivity contribution in [2.75, 3.05) is 20.6 Å². The summed E-state index contributed by atoms with van der Waals surface area (Å²) in [5.74, 6) is 0. The summed E-state index contributed by atoms with van der Waals surface area (Å²) in [6.07, 6.45) is 0. The van der Waals surface area contributed by atoms with E-state index in [1.54, 1.807) is 0 Å². The molecule has 0 aromatic rings. The maximum atomic E-state index is 2.12. The SMILES string of the molecule is CCN(C)C.[Ti]. The first kappa shape index (κ1) is 9.84. The van der Waals surface area contributed by atoms with Crippen LogP contribution >= 0.6 is 0 Å². The van der Waals surface area contributed by atoms with Crippen molar-refractivity contribution in [2.24, 2.45) is 0 Å². The largest absolute Gasteiger partial charge is 0.310 e. The van der Waals surface area contributed by atoms with E-state index in [1.165, 1.54) is 0 Å². The summed E-state index contributed by atoms with van der Waals surface area (Å²) in [5, 5.41) is 0. The third kappa shape index (κ3) is 8.82. The van der Waals surface area contributed by atoms with Gasteiger partial charge in [-0.3, -0.25) is 0 Å². The quantitative estimate of drug-likeness (QED) is 0.458. The van der Waals surface area contributed by atoms with Gasteiger partial charge in [-0.1, -0.05) is 6.92 Å². The molecule has 2 heteroatoms. The van der Waals surface area contributed by atoms with Crippen LogP contribution in [0.15, 0.2) is 0 Å². The average Bonchev–Trinajstić information content (AvgIpc) is 1.38. The van der Waals surface area contributed by atoms with Crippen LogP contribution in [-0.4, -0.2) is 25.5 Å². The molecule has 0 unspecified atom stereocenters. The second kappa shape index (κ2) is 5.67. The molecule has 0 saturated carbocycles. The van der Waals surface area contributed by atoms with Crippen LogP contribution in [0.4, 0.5) is 0 Å². The summed E-state index contributed by atoms with van der Waals surface area (Å²) in [5.41, 5.74) is 0. The van der Waals surface area contributed by atoms with Gasteiger partial charge in [0, 0.05) is 21.7 Å². The van der Waals surface area contributed by atoms with Gasteiger partial charge in [0.25, 0.3) is 0 Å². The Balaban J connectivity index is 0. The number of nitrogens with zero attached hydrogens (tertiary/aromatic N) is 1. The molecule has 0 rings (SSSR count). The van der Waals surface area contributed by atoms with Gasteiger partial charge in [-0.2, -0.15) is 0 Å². The van der Waals surface area contributed by atoms with Crippen LogP contribution < -0.4 is 0 Å². The summed E-state index contributed by atoms with van der Waals surface area (Å²) >= 11 is 0. The van der Waals surface area contributed by atoms with Crippen LogP contribution in [0.5, 0.6) is 0 Å². The Bertz CT molecular complexity index is 21.5. The Morgan fingerprint density at radius 2 is 1.50 bits per heavy atom. The fourth-order valence-electron chi connectivity index (χ4n) is 0. The van der Waals surface area contributed by atoms with Crippen molar-refractivity contribution in [3.05, 3.63) is 0 Å². The molecule has 0 aliphatic rings. The van der Waals surface area contributed by atoms with Gasteiger partial charge in [0.2, 0.25) is 0 Å². The molecule has 0 aliphatic heterocycles. The Kier molecular flexibility index (Phi) is 9.30. The fourth-order valence-corrected chi connectivity index (χ4v) is 0. The zero-order chi connectivity index (χ0) is 4.28. The zero-order valence-electron chi connectivity index (χ0n) is 4.65. The van der Waals surface area contributed by atoms with Crippen LogP contribution in [0.1, 0.15) is 6.92 Å². The van der Waals surface area contributed by atoms with Crippen molar-refractivity contribution >= 4 is 0 Å². The molecule has 1 nitrogen and oxygen atoms in total. The minimum atomic E-state index is 0. The third-order valence-electron chi connectivity index (χ3n) is 0.632. The van der Waals surface area contributed by atoms with Crippen LogP contribution in [0.3, 0.4) is 0 Å². The minimum Gasteiger partial charge on any atom is -0.310 e. The van der Waals surface area contributed by atoms with E-state index < -0.39 is 0 Å². The maximum Gasteiger partial charge on any atom is 0 e. The van der Waals surface area contributed by atoms with E-state index in [2.05, 4.69) is 25.9 Å². The monoisotopic (exact) mass is 121 g/mol. The molecule has 36 valence electrons. The molecule has 0 aromatic carbocycles. The predicted octanol–water partition coefficient (Wildman–Crippen LogP) is 0.565. The fraction of sp³-hybridized carbons (Fsp3) is 1.00. The molecule has 0 aliphatic carbocycles. The van der Waals surface area contributed by atoms with Gasteiger partial charge in [-0.05, 0) is 20.6 Å². The van der Waals surface area contributed by atoms with Crippen LogP contribution in [0.25, 0.3) is 0 Å². The average molecular weight is 121 g/mol. The summed E-state index contributed by atoms with van der Waals surface area (Å²) in [6, 6.07) is 0. The Morgan fingerprint density at radius 1 is 1.33 bits per heavy atom. The van der Waals surface area contributed by atoms with Crippen LogP contribution in [0.2, 0.25) is 0 Å². The Hall–Kier alpha value is 0.674. The molecule has 0 saturated heterocycles. The van der Waals surface area contributed by atoms with Crippen molar-refractivity contribution in [3.8, 4) is 0 Å². The maximum absolute atomic E-state index is 2.12. The van der Waals surface area contributed by atoms with Crippen LogP contribution in [-0.2, 0) is 21.7 Å². The number of rotatable bonds is 1. The van der Waals surface area contributed by atoms with E-state index >= 15 is 0 Å². The normalized spacial score (nSPS) is 8.00. The smallest absolute Gasteiger partial charge is 0 e. The van der Waals surface area contributed by atoms with E-state index in [1.807, 2.05) is 0 Å². The van der Waals surface area contributed by atoms with Crippen molar-refractivity contribution < 1.29 is 21.7 Å². The summed E-state index contributed by atoms with van der Waals surface area (Å²) < 4.78 is 0. The predicted molar refractivity (Wildman–Crippen MR) is 24.2 cm³/mol. The van der Waals surface area contributed by atoms with Crippen LogP contribution in [0, 0.1) is 0 Å². The Labute approximate surface area is 54.6 Å². The van der Waals surface area contributed by atoms with Crippen molar-refractivity contribution in [3.63, 3.8) is 0 Å². The minimum absolute atomic E-state index is 0. The zero-order valence-corrected chi connectivity index (χ0v) is 6.22. The molecule has 0 fully saturated rings. The van der Waals surface area contributed by atoms with Gasteiger partial charge in [-0.15, -0.1) is 0 Å². The molecular formula is C4H11NTi. The van der Waals surface area contributed by atoms with E-state index in [-0.39, 0.29) is 21.7 Å². The second-order valence-electron chi connectivity index (χ2n) is 1.40. The first-order chi connectivity index (χ1) is 2.27. The van der Waals surface area contributed by atoms with Crippen molar-refractivity contribution in [2.45, 2.75) is 6.92 Å². The molecule has 0 heterocycles. The molecule has 0 spiro atoms. The standard InChI is InChI=1S/C4H11N.Ti/c1-4-5(2)3;/h4H2,1-3H3;. The van der Waals surface area contributed by atoms with Gasteiger partial charge < -0.3 is 4.90 Å². The van der Waals surface area contributed by atoms with Gasteiger partial charge in [-0.25, -0.2) is 0 Å². The van der Waals surface area contributed by atoms with E-state index in [4.69, 9.17) is 0 Å². The molecule has 0 radical (unpaired) electrons. The third-order valence-corrected chi connectivity index (χ3v) is 0.632. The van der Waals surface area contributed by atoms with Gasteiger partial charge in [0.15, 0.2) is 0 Å². The molecule has 0 atom stereocenters. The van der Waals surface area contributed by atoms with Gasteiger partial charge >= 0.3 is 0 Å². The van der Waals surface area contributed by atoms with Gasteiger partial charge in [0.05, 0.1) is 0 Å². The molecular weight excluding hydrogens is 110 g/mol. The first-order valence-corrected chi connectivity index (χ1v) is 1.92. The molecule has 6 heavy (non-hydrogen) atoms. The van der Waals surface area contributed by atoms with E-state index in [0.717, 1.165) is 6.54 Å². The molecule has 0 N–H and O–H groups in total. The van der Waals surface area contributed by atoms with Gasteiger partial charge in [0.1, 0.15) is 0 Å². The van der Waals surface area contributed by atoms with E-state index in [9.17, 15) is 0 Å². The summed E-state index contributed by atoms with van der Waals surface area (Å²) in [4.78, 5) is 2.12. The second-order valence-corrected chi connectivity index (χ2v) is 1.40. The number of hydrogen-bond donors (Lipinski definition) is 0. The topological polar surface area (TPSA) is 3.24 Å². The Morgan fingerprint density at radius 3 is 1.50 bits per heavy atom. The summed E-state index contributed by atoms with van der Waals surface area (Å²) in [7, 11) is 4.11. The molecule has 0 amide bonds. The van der Waals surface area contributed by atoms with E-state index in [0.29, 0.717) is 0 Å². The van der Waals surface area contributed by atoms with Crippen molar-refractivity contribution in [1.82, 2.24) is 4.90 Å². The van der Waals surface area contributed by atoms with Crippen molar-refractivity contribution in [1.29, 1.82) is 0 Å². The first-order valence-electron chi connectivity index (χ1n) is 1.92. The number of hydrogen-bond acceptors (Lipinski definition) is 1.